The molecule has 0 spiro atoms. The van der Waals surface area contributed by atoms with Crippen LogP contribution in [0, 0.1) is 23.7 Å². The Morgan fingerprint density at radius 1 is 1.12 bits per heavy atom. The zero-order chi connectivity index (χ0) is 17.7. The number of amides is 3. The van der Waals surface area contributed by atoms with E-state index in [1.165, 1.54) is 24.2 Å². The van der Waals surface area contributed by atoms with Crippen LogP contribution in [0.1, 0.15) is 52.9 Å². The van der Waals surface area contributed by atoms with Gasteiger partial charge in [0.1, 0.15) is 11.9 Å². The van der Waals surface area contributed by atoms with Gasteiger partial charge >= 0.3 is 6.03 Å². The maximum absolute atomic E-state index is 12.9. The maximum Gasteiger partial charge on any atom is 0.328 e. The summed E-state index contributed by atoms with van der Waals surface area (Å²) in [6.45, 7) is 7.55. The molecule has 6 unspecified atom stereocenters. The van der Waals surface area contributed by atoms with Gasteiger partial charge in [0.05, 0.1) is 0 Å². The number of fused-ring (bicyclic) bond motifs is 3. The van der Waals surface area contributed by atoms with E-state index in [1.54, 1.807) is 4.90 Å². The Morgan fingerprint density at radius 3 is 2.52 bits per heavy atom. The van der Waals surface area contributed by atoms with Gasteiger partial charge in [0.15, 0.2) is 6.17 Å². The third-order valence-electron chi connectivity index (χ3n) is 6.61. The summed E-state index contributed by atoms with van der Waals surface area (Å²) in [6, 6.07) is -0.553. The minimum Gasteiger partial charge on any atom is -0.359 e. The molecule has 2 aliphatic carbocycles. The Bertz CT molecular complexity index is 604. The molecule has 3 amide bonds. The highest BCUT2D eigenvalue weighted by molar-refractivity contribution is 6.04. The Kier molecular flexibility index (Phi) is 4.24. The molecule has 2 saturated carbocycles. The molecular formula is C19H30N4O2. The lowest BCUT2D eigenvalue weighted by atomic mass is 9.81. The van der Waals surface area contributed by atoms with Gasteiger partial charge in [-0.15, -0.1) is 0 Å². The first-order valence-corrected chi connectivity index (χ1v) is 10.0. The molecule has 6 atom stereocenters. The number of carbonyl (C=O) groups excluding carboxylic acids is 2. The molecule has 0 aromatic heterocycles. The smallest absolute Gasteiger partial charge is 0.328 e. The van der Waals surface area contributed by atoms with Crippen LogP contribution in [0.4, 0.5) is 4.79 Å². The fourth-order valence-electron chi connectivity index (χ4n) is 5.57. The molecule has 1 saturated heterocycles. The number of aliphatic imine (C=N–C) groups is 1. The van der Waals surface area contributed by atoms with E-state index in [9.17, 15) is 9.59 Å². The van der Waals surface area contributed by atoms with Gasteiger partial charge in [0.2, 0.25) is 0 Å². The van der Waals surface area contributed by atoms with E-state index in [1.807, 2.05) is 6.92 Å². The third-order valence-corrected chi connectivity index (χ3v) is 6.61. The first-order valence-electron chi connectivity index (χ1n) is 10.0. The van der Waals surface area contributed by atoms with Gasteiger partial charge in [-0.25, -0.2) is 9.79 Å². The van der Waals surface area contributed by atoms with Gasteiger partial charge < -0.3 is 5.32 Å². The standard InChI is InChI=1S/C19H30N4O2/c1-4-6-22-17-15(18(24)23(7-5-2)19(22)25)20-16(21-17)14-10-12-8-11(3)13(14)9-12/h11-15,17H,4-10H2,1-3H3,(H,20,21). The van der Waals surface area contributed by atoms with Crippen LogP contribution in [-0.4, -0.2) is 52.9 Å². The van der Waals surface area contributed by atoms with E-state index >= 15 is 0 Å². The summed E-state index contributed by atoms with van der Waals surface area (Å²) in [5, 5.41) is 3.45. The van der Waals surface area contributed by atoms with Crippen LogP contribution in [0.2, 0.25) is 0 Å². The molecule has 2 bridgehead atoms. The van der Waals surface area contributed by atoms with Crippen LogP contribution in [0.15, 0.2) is 4.99 Å². The van der Waals surface area contributed by atoms with Crippen LogP contribution >= 0.6 is 0 Å². The molecule has 2 aliphatic heterocycles. The number of nitrogens with zero attached hydrogens (tertiary/aromatic N) is 3. The summed E-state index contributed by atoms with van der Waals surface area (Å²) in [5.41, 5.74) is 0. The molecular weight excluding hydrogens is 316 g/mol. The summed E-state index contributed by atoms with van der Waals surface area (Å²) in [6.07, 6.45) is 5.14. The lowest BCUT2D eigenvalue weighted by molar-refractivity contribution is -0.134. The second-order valence-electron chi connectivity index (χ2n) is 8.34. The molecule has 0 aromatic rings. The van der Waals surface area contributed by atoms with Crippen molar-refractivity contribution in [3.05, 3.63) is 0 Å². The summed E-state index contributed by atoms with van der Waals surface area (Å²) in [4.78, 5) is 33.8. The van der Waals surface area contributed by atoms with Gasteiger partial charge in [-0.2, -0.15) is 0 Å². The number of hydrogen-bond donors (Lipinski definition) is 1. The van der Waals surface area contributed by atoms with E-state index in [4.69, 9.17) is 4.99 Å². The molecule has 2 heterocycles. The summed E-state index contributed by atoms with van der Waals surface area (Å²) < 4.78 is 0. The minimum atomic E-state index is -0.389. The highest BCUT2D eigenvalue weighted by Crippen LogP contribution is 2.52. The SMILES string of the molecule is CCCN1C(=O)C2NC(C3CC4CC(C)C3C4)=NC2N(CCC)C1=O. The Morgan fingerprint density at radius 2 is 1.88 bits per heavy atom. The fourth-order valence-corrected chi connectivity index (χ4v) is 5.57. The Labute approximate surface area is 150 Å². The summed E-state index contributed by atoms with van der Waals surface area (Å²) >= 11 is 0. The Balaban J connectivity index is 1.59. The number of amidine groups is 1. The molecule has 138 valence electrons. The lowest BCUT2D eigenvalue weighted by Gasteiger charge is -2.40. The van der Waals surface area contributed by atoms with Gasteiger partial charge in [-0.05, 0) is 49.9 Å². The topological polar surface area (TPSA) is 65.0 Å². The molecule has 0 aromatic carbocycles. The summed E-state index contributed by atoms with van der Waals surface area (Å²) in [5.74, 6) is 3.60. The molecule has 6 nitrogen and oxygen atoms in total. The quantitative estimate of drug-likeness (QED) is 0.831. The first kappa shape index (κ1) is 16.9. The highest BCUT2D eigenvalue weighted by Gasteiger charge is 2.53. The number of hydrogen-bond acceptors (Lipinski definition) is 4. The molecule has 4 aliphatic rings. The van der Waals surface area contributed by atoms with E-state index < -0.39 is 0 Å². The van der Waals surface area contributed by atoms with Crippen LogP contribution in [0.3, 0.4) is 0 Å². The van der Waals surface area contributed by atoms with E-state index in [2.05, 4.69) is 19.2 Å². The number of rotatable bonds is 5. The van der Waals surface area contributed by atoms with Crippen molar-refractivity contribution in [3.63, 3.8) is 0 Å². The van der Waals surface area contributed by atoms with Crippen LogP contribution in [-0.2, 0) is 4.79 Å². The van der Waals surface area contributed by atoms with Crippen molar-refractivity contribution in [2.75, 3.05) is 13.1 Å². The van der Waals surface area contributed by atoms with E-state index in [0.717, 1.165) is 30.5 Å². The predicted molar refractivity (Wildman–Crippen MR) is 96.0 cm³/mol. The van der Waals surface area contributed by atoms with Crippen LogP contribution < -0.4 is 5.32 Å². The highest BCUT2D eigenvalue weighted by atomic mass is 16.2. The molecule has 6 heteroatoms. The largest absolute Gasteiger partial charge is 0.359 e. The average molecular weight is 346 g/mol. The molecule has 25 heavy (non-hydrogen) atoms. The zero-order valence-electron chi connectivity index (χ0n) is 15.6. The zero-order valence-corrected chi connectivity index (χ0v) is 15.6. The van der Waals surface area contributed by atoms with Crippen molar-refractivity contribution in [1.82, 2.24) is 15.1 Å². The molecule has 3 fully saturated rings. The van der Waals surface area contributed by atoms with Crippen molar-refractivity contribution in [1.29, 1.82) is 0 Å². The van der Waals surface area contributed by atoms with Crippen molar-refractivity contribution in [3.8, 4) is 0 Å². The second-order valence-corrected chi connectivity index (χ2v) is 8.34. The van der Waals surface area contributed by atoms with Crippen LogP contribution in [0.25, 0.3) is 0 Å². The van der Waals surface area contributed by atoms with Gasteiger partial charge in [-0.3, -0.25) is 14.6 Å². The average Bonchev–Trinajstić information content (AvgIpc) is 3.28. The Hall–Kier alpha value is -1.59. The minimum absolute atomic E-state index is 0.0980. The number of nitrogens with one attached hydrogen (secondary N) is 1. The molecule has 0 radical (unpaired) electrons. The van der Waals surface area contributed by atoms with Crippen molar-refractivity contribution in [2.24, 2.45) is 28.7 Å². The molecule has 4 rings (SSSR count). The van der Waals surface area contributed by atoms with Gasteiger partial charge in [0, 0.05) is 19.0 Å². The number of carbonyl (C=O) groups is 2. The monoisotopic (exact) mass is 346 g/mol. The van der Waals surface area contributed by atoms with Gasteiger partial charge in [0.25, 0.3) is 5.91 Å². The van der Waals surface area contributed by atoms with Crippen molar-refractivity contribution < 1.29 is 9.59 Å². The van der Waals surface area contributed by atoms with Gasteiger partial charge in [-0.1, -0.05) is 20.8 Å². The van der Waals surface area contributed by atoms with Crippen LogP contribution in [0.5, 0.6) is 0 Å². The first-order chi connectivity index (χ1) is 12.0. The van der Waals surface area contributed by atoms with E-state index in [0.29, 0.717) is 24.9 Å². The fraction of sp³-hybridized carbons (Fsp3) is 0.842. The van der Waals surface area contributed by atoms with E-state index in [-0.39, 0.29) is 24.1 Å². The van der Waals surface area contributed by atoms with Crippen molar-refractivity contribution in [2.45, 2.75) is 65.1 Å². The number of urea groups is 1. The second kappa shape index (κ2) is 6.29. The molecule has 1 N–H and O–H groups in total. The number of imide groups is 1. The lowest BCUT2D eigenvalue weighted by Crippen LogP contribution is -2.65. The normalized spacial score (nSPS) is 39.7. The predicted octanol–water partition coefficient (Wildman–Crippen LogP) is 2.45. The third kappa shape index (κ3) is 2.56. The van der Waals surface area contributed by atoms with Crippen molar-refractivity contribution >= 4 is 17.8 Å². The maximum atomic E-state index is 12.9. The summed E-state index contributed by atoms with van der Waals surface area (Å²) in [7, 11) is 0.